The van der Waals surface area contributed by atoms with E-state index in [9.17, 15) is 4.79 Å². The van der Waals surface area contributed by atoms with Crippen LogP contribution in [0.3, 0.4) is 0 Å². The van der Waals surface area contributed by atoms with Crippen LogP contribution in [0.4, 0.5) is 0 Å². The van der Waals surface area contributed by atoms with Crippen molar-refractivity contribution in [1.29, 1.82) is 0 Å². The lowest BCUT2D eigenvalue weighted by Crippen LogP contribution is -1.92. The quantitative estimate of drug-likeness (QED) is 0.587. The molecule has 0 saturated carbocycles. The number of halogens is 1. The average Bonchev–Trinajstić information content (AvgIpc) is 2.05. The minimum atomic E-state index is 0.0138. The van der Waals surface area contributed by atoms with Crippen molar-refractivity contribution in [2.75, 3.05) is 6.73 Å². The fourth-order valence-corrected chi connectivity index (χ4v) is 1.07. The Kier molecular flexibility index (Phi) is 3.51. The number of hydrogen-bond donors (Lipinski definition) is 0. The van der Waals surface area contributed by atoms with Gasteiger partial charge in [0.25, 0.3) is 0 Å². The van der Waals surface area contributed by atoms with Crippen LogP contribution in [0.5, 0.6) is 5.75 Å². The summed E-state index contributed by atoms with van der Waals surface area (Å²) in [5, 5.41) is 0. The maximum atomic E-state index is 9.68. The van der Waals surface area contributed by atoms with Crippen LogP contribution in [-0.4, -0.2) is 12.8 Å². The molecule has 0 aromatic heterocycles. The molecule has 1 rings (SSSR count). The molecule has 1 aromatic rings. The van der Waals surface area contributed by atoms with E-state index in [0.29, 0.717) is 5.75 Å². The number of benzene rings is 1. The predicted molar refractivity (Wildman–Crippen MR) is 47.8 cm³/mol. The molecule has 0 N–H and O–H groups in total. The zero-order chi connectivity index (χ0) is 8.81. The van der Waals surface area contributed by atoms with Crippen LogP contribution in [0.1, 0.15) is 0 Å². The molecule has 0 aliphatic rings. The normalized spacial score (nSPS) is 8.75. The topological polar surface area (TPSA) is 38.7 Å². The number of aliphatic imine (C=N–C) groups is 1. The monoisotopic (exact) mass is 227 g/mol. The summed E-state index contributed by atoms with van der Waals surface area (Å²) in [6.45, 7) is 0.0138. The van der Waals surface area contributed by atoms with E-state index in [1.54, 1.807) is 12.1 Å². The molecular formula is C8H6BrNO2. The molecule has 0 amide bonds. The molecule has 0 spiro atoms. The molecule has 0 fully saturated rings. The summed E-state index contributed by atoms with van der Waals surface area (Å²) >= 11 is 3.28. The third-order valence-electron chi connectivity index (χ3n) is 1.16. The molecule has 3 nitrogen and oxygen atoms in total. The van der Waals surface area contributed by atoms with Crippen molar-refractivity contribution in [3.05, 3.63) is 28.7 Å². The highest BCUT2D eigenvalue weighted by Gasteiger charge is 1.91. The summed E-state index contributed by atoms with van der Waals surface area (Å²) in [6.07, 6.45) is 1.39. The minimum absolute atomic E-state index is 0.0138. The van der Waals surface area contributed by atoms with Crippen LogP contribution in [0.2, 0.25) is 0 Å². The van der Waals surface area contributed by atoms with E-state index in [4.69, 9.17) is 4.74 Å². The first kappa shape index (κ1) is 8.97. The van der Waals surface area contributed by atoms with Gasteiger partial charge in [0.05, 0.1) is 0 Å². The largest absolute Gasteiger partial charge is 0.470 e. The molecule has 0 heterocycles. The van der Waals surface area contributed by atoms with Gasteiger partial charge in [-0.3, -0.25) is 0 Å². The van der Waals surface area contributed by atoms with Crippen molar-refractivity contribution in [2.45, 2.75) is 0 Å². The third-order valence-corrected chi connectivity index (χ3v) is 1.65. The molecule has 0 saturated heterocycles. The average molecular weight is 228 g/mol. The Labute approximate surface area is 78.2 Å². The molecule has 1 aromatic carbocycles. The fraction of sp³-hybridized carbons (Fsp3) is 0.125. The second kappa shape index (κ2) is 4.70. The Hall–Kier alpha value is -1.12. The Morgan fingerprint density at radius 1 is 1.58 bits per heavy atom. The second-order valence-electron chi connectivity index (χ2n) is 1.98. The summed E-state index contributed by atoms with van der Waals surface area (Å²) in [4.78, 5) is 12.9. The first-order chi connectivity index (χ1) is 5.83. The van der Waals surface area contributed by atoms with Crippen LogP contribution < -0.4 is 4.74 Å². The highest BCUT2D eigenvalue weighted by Crippen LogP contribution is 2.17. The first-order valence-corrected chi connectivity index (χ1v) is 4.04. The maximum absolute atomic E-state index is 9.68. The van der Waals surface area contributed by atoms with Gasteiger partial charge in [0.1, 0.15) is 5.75 Å². The molecule has 0 aliphatic heterocycles. The van der Waals surface area contributed by atoms with Crippen LogP contribution in [0, 0.1) is 0 Å². The van der Waals surface area contributed by atoms with Crippen molar-refractivity contribution in [2.24, 2.45) is 4.99 Å². The summed E-state index contributed by atoms with van der Waals surface area (Å²) in [5.74, 6) is 0.670. The fourth-order valence-electron chi connectivity index (χ4n) is 0.690. The maximum Gasteiger partial charge on any atom is 0.238 e. The van der Waals surface area contributed by atoms with Gasteiger partial charge in [0.15, 0.2) is 6.73 Å². The van der Waals surface area contributed by atoms with Crippen LogP contribution in [0.25, 0.3) is 0 Å². The van der Waals surface area contributed by atoms with Crippen molar-refractivity contribution >= 4 is 22.0 Å². The van der Waals surface area contributed by atoms with Gasteiger partial charge in [0.2, 0.25) is 6.08 Å². The van der Waals surface area contributed by atoms with Crippen LogP contribution in [-0.2, 0) is 4.79 Å². The highest BCUT2D eigenvalue weighted by atomic mass is 79.9. The lowest BCUT2D eigenvalue weighted by atomic mass is 10.3. The van der Waals surface area contributed by atoms with Gasteiger partial charge in [-0.25, -0.2) is 4.79 Å². The van der Waals surface area contributed by atoms with Gasteiger partial charge >= 0.3 is 0 Å². The van der Waals surface area contributed by atoms with E-state index in [1.807, 2.05) is 12.1 Å². The number of hydrogen-bond acceptors (Lipinski definition) is 3. The number of rotatable bonds is 3. The minimum Gasteiger partial charge on any atom is -0.470 e. The highest BCUT2D eigenvalue weighted by molar-refractivity contribution is 9.10. The second-order valence-corrected chi connectivity index (χ2v) is 2.90. The number of isocyanates is 1. The smallest absolute Gasteiger partial charge is 0.238 e. The van der Waals surface area contributed by atoms with E-state index in [-0.39, 0.29) is 6.73 Å². The molecular weight excluding hydrogens is 222 g/mol. The van der Waals surface area contributed by atoms with Gasteiger partial charge < -0.3 is 4.74 Å². The third kappa shape index (κ3) is 2.86. The van der Waals surface area contributed by atoms with Crippen LogP contribution >= 0.6 is 15.9 Å². The standard InChI is InChI=1S/C8H6BrNO2/c9-7-2-1-3-8(4-7)12-6-10-5-11/h1-4H,6H2. The molecule has 0 aliphatic carbocycles. The van der Waals surface area contributed by atoms with Gasteiger partial charge in [-0.15, -0.1) is 0 Å². The van der Waals surface area contributed by atoms with E-state index in [1.165, 1.54) is 6.08 Å². The molecule has 0 bridgehead atoms. The van der Waals surface area contributed by atoms with Crippen LogP contribution in [0.15, 0.2) is 33.7 Å². The molecule has 62 valence electrons. The van der Waals surface area contributed by atoms with E-state index < -0.39 is 0 Å². The summed E-state index contributed by atoms with van der Waals surface area (Å²) in [5.41, 5.74) is 0. The first-order valence-electron chi connectivity index (χ1n) is 3.25. The van der Waals surface area contributed by atoms with E-state index in [2.05, 4.69) is 20.9 Å². The number of carbonyl (C=O) groups excluding carboxylic acids is 1. The van der Waals surface area contributed by atoms with Crippen molar-refractivity contribution in [3.8, 4) is 5.75 Å². The van der Waals surface area contributed by atoms with Crippen molar-refractivity contribution in [3.63, 3.8) is 0 Å². The zero-order valence-electron chi connectivity index (χ0n) is 6.16. The Morgan fingerprint density at radius 2 is 2.42 bits per heavy atom. The predicted octanol–water partition coefficient (Wildman–Crippen LogP) is 2.12. The number of nitrogens with zero attached hydrogens (tertiary/aromatic N) is 1. The Bertz CT molecular complexity index is 308. The van der Waals surface area contributed by atoms with E-state index >= 15 is 0 Å². The van der Waals surface area contributed by atoms with E-state index in [0.717, 1.165) is 4.47 Å². The van der Waals surface area contributed by atoms with Gasteiger partial charge in [-0.1, -0.05) is 22.0 Å². The summed E-state index contributed by atoms with van der Waals surface area (Å²) < 4.78 is 5.99. The zero-order valence-corrected chi connectivity index (χ0v) is 7.74. The molecule has 0 atom stereocenters. The number of ether oxygens (including phenoxy) is 1. The van der Waals surface area contributed by atoms with Gasteiger partial charge in [-0.2, -0.15) is 4.99 Å². The Balaban J connectivity index is 2.57. The lowest BCUT2D eigenvalue weighted by Gasteiger charge is -2.00. The summed E-state index contributed by atoms with van der Waals surface area (Å²) in [6, 6.07) is 7.30. The van der Waals surface area contributed by atoms with Crippen molar-refractivity contribution in [1.82, 2.24) is 0 Å². The SMILES string of the molecule is O=C=NCOc1cccc(Br)c1. The summed E-state index contributed by atoms with van der Waals surface area (Å²) in [7, 11) is 0. The molecule has 4 heteroatoms. The Morgan fingerprint density at radius 3 is 3.08 bits per heavy atom. The van der Waals surface area contributed by atoms with Gasteiger partial charge in [-0.05, 0) is 18.2 Å². The van der Waals surface area contributed by atoms with Gasteiger partial charge in [0, 0.05) is 4.47 Å². The molecule has 12 heavy (non-hydrogen) atoms. The molecule has 0 radical (unpaired) electrons. The van der Waals surface area contributed by atoms with Crippen molar-refractivity contribution < 1.29 is 9.53 Å². The molecule has 0 unspecified atom stereocenters. The lowest BCUT2D eigenvalue weighted by molar-refractivity contribution is 0.330.